The number of hydrogen-bond donors (Lipinski definition) is 1. The second-order valence-electron chi connectivity index (χ2n) is 5.01. The van der Waals surface area contributed by atoms with Crippen LogP contribution in [0.1, 0.15) is 24.8 Å². The van der Waals surface area contributed by atoms with E-state index < -0.39 is 5.97 Å². The van der Waals surface area contributed by atoms with Crippen LogP contribution in [-0.4, -0.2) is 35.6 Å². The van der Waals surface area contributed by atoms with Crippen LogP contribution in [0.4, 0.5) is 0 Å². The van der Waals surface area contributed by atoms with Gasteiger partial charge >= 0.3 is 5.97 Å². The Labute approximate surface area is 114 Å². The average Bonchev–Trinajstić information content (AvgIpc) is 2.40. The lowest BCUT2D eigenvalue weighted by Crippen LogP contribution is -2.36. The molecule has 3 heteroatoms. The lowest BCUT2D eigenvalue weighted by atomic mass is 9.95. The highest BCUT2D eigenvalue weighted by atomic mass is 16.4. The zero-order valence-corrected chi connectivity index (χ0v) is 11.0. The largest absolute Gasteiger partial charge is 0.481 e. The van der Waals surface area contributed by atoms with Gasteiger partial charge < -0.3 is 5.11 Å². The van der Waals surface area contributed by atoms with Crippen molar-refractivity contribution in [1.29, 1.82) is 0 Å². The maximum atomic E-state index is 10.7. The molecule has 0 bridgehead atoms. The van der Waals surface area contributed by atoms with E-state index in [0.29, 0.717) is 0 Å². The molecule has 1 aromatic rings. The van der Waals surface area contributed by atoms with Crippen LogP contribution in [0.3, 0.4) is 0 Å². The number of likely N-dealkylation sites (tertiary alicyclic amines) is 1. The van der Waals surface area contributed by atoms with E-state index in [-0.39, 0.29) is 12.3 Å². The van der Waals surface area contributed by atoms with Gasteiger partial charge in [0.2, 0.25) is 0 Å². The number of carbonyl (C=O) groups is 1. The summed E-state index contributed by atoms with van der Waals surface area (Å²) in [6.07, 6.45) is 2.38. The molecule has 0 aliphatic carbocycles. The third-order valence-electron chi connectivity index (χ3n) is 3.38. The van der Waals surface area contributed by atoms with Gasteiger partial charge in [0, 0.05) is 18.5 Å². The maximum absolute atomic E-state index is 10.7. The van der Waals surface area contributed by atoms with Crippen molar-refractivity contribution in [2.24, 2.45) is 5.92 Å². The van der Waals surface area contributed by atoms with Crippen molar-refractivity contribution in [3.8, 4) is 11.8 Å². The number of hydrogen-bond acceptors (Lipinski definition) is 2. The van der Waals surface area contributed by atoms with Gasteiger partial charge in [-0.25, -0.2) is 0 Å². The van der Waals surface area contributed by atoms with Crippen molar-refractivity contribution >= 4 is 5.97 Å². The predicted molar refractivity (Wildman–Crippen MR) is 74.7 cm³/mol. The van der Waals surface area contributed by atoms with Crippen LogP contribution in [0.2, 0.25) is 0 Å². The summed E-state index contributed by atoms with van der Waals surface area (Å²) in [5, 5.41) is 8.83. The minimum Gasteiger partial charge on any atom is -0.481 e. The van der Waals surface area contributed by atoms with Crippen LogP contribution in [0.25, 0.3) is 0 Å². The molecular formula is C16H19NO2. The normalized spacial score (nSPS) is 19.5. The van der Waals surface area contributed by atoms with Gasteiger partial charge in [-0.1, -0.05) is 30.0 Å². The van der Waals surface area contributed by atoms with Crippen molar-refractivity contribution in [1.82, 2.24) is 4.90 Å². The van der Waals surface area contributed by atoms with Crippen molar-refractivity contribution in [2.45, 2.75) is 19.3 Å². The van der Waals surface area contributed by atoms with E-state index in [1.807, 2.05) is 30.3 Å². The van der Waals surface area contributed by atoms with E-state index >= 15 is 0 Å². The molecule has 1 aliphatic rings. The van der Waals surface area contributed by atoms with Gasteiger partial charge in [-0.2, -0.15) is 0 Å². The summed E-state index contributed by atoms with van der Waals surface area (Å²) in [5.74, 6) is 5.90. The number of piperidine rings is 1. The highest BCUT2D eigenvalue weighted by Gasteiger charge is 2.21. The lowest BCUT2D eigenvalue weighted by molar-refractivity contribution is -0.138. The van der Waals surface area contributed by atoms with Crippen LogP contribution < -0.4 is 0 Å². The molecule has 0 saturated carbocycles. The molecule has 0 aromatic heterocycles. The maximum Gasteiger partial charge on any atom is 0.303 e. The minimum absolute atomic E-state index is 0.280. The Balaban J connectivity index is 1.83. The number of benzene rings is 1. The Morgan fingerprint density at radius 1 is 1.37 bits per heavy atom. The van der Waals surface area contributed by atoms with E-state index in [0.717, 1.165) is 38.0 Å². The Morgan fingerprint density at radius 2 is 2.16 bits per heavy atom. The number of carboxylic acids is 1. The van der Waals surface area contributed by atoms with Crippen LogP contribution in [-0.2, 0) is 4.79 Å². The molecule has 1 unspecified atom stereocenters. The van der Waals surface area contributed by atoms with Crippen molar-refractivity contribution in [3.05, 3.63) is 35.9 Å². The first kappa shape index (κ1) is 13.6. The highest BCUT2D eigenvalue weighted by molar-refractivity contribution is 5.67. The van der Waals surface area contributed by atoms with Crippen LogP contribution >= 0.6 is 0 Å². The molecule has 1 aliphatic heterocycles. The molecule has 3 nitrogen and oxygen atoms in total. The van der Waals surface area contributed by atoms with E-state index in [9.17, 15) is 4.79 Å². The molecule has 0 radical (unpaired) electrons. The zero-order chi connectivity index (χ0) is 13.5. The van der Waals surface area contributed by atoms with Gasteiger partial charge in [-0.15, -0.1) is 0 Å². The summed E-state index contributed by atoms with van der Waals surface area (Å²) >= 11 is 0. The molecule has 1 aromatic carbocycles. The molecule has 2 rings (SSSR count). The summed E-state index contributed by atoms with van der Waals surface area (Å²) in [5.41, 5.74) is 1.03. The van der Waals surface area contributed by atoms with E-state index in [1.54, 1.807) is 0 Å². The van der Waals surface area contributed by atoms with Crippen molar-refractivity contribution in [3.63, 3.8) is 0 Å². The quantitative estimate of drug-likeness (QED) is 0.844. The van der Waals surface area contributed by atoms with E-state index in [4.69, 9.17) is 5.11 Å². The fraction of sp³-hybridized carbons (Fsp3) is 0.438. The number of nitrogens with zero attached hydrogens (tertiary/aromatic N) is 1. The first-order valence-corrected chi connectivity index (χ1v) is 6.72. The van der Waals surface area contributed by atoms with Crippen molar-refractivity contribution in [2.75, 3.05) is 19.6 Å². The smallest absolute Gasteiger partial charge is 0.303 e. The second-order valence-corrected chi connectivity index (χ2v) is 5.01. The van der Waals surface area contributed by atoms with Gasteiger partial charge in [-0.05, 0) is 37.4 Å². The standard InChI is InChI=1S/C16H19NO2/c18-16(19)12-15-9-5-11-17(13-15)10-4-8-14-6-2-1-3-7-14/h1-3,6-7,15H,5,9-13H2,(H,18,19). The summed E-state index contributed by atoms with van der Waals surface area (Å²) in [6.45, 7) is 2.61. The van der Waals surface area contributed by atoms with Gasteiger partial charge in [-0.3, -0.25) is 9.69 Å². The molecule has 1 fully saturated rings. The SMILES string of the molecule is O=C(O)CC1CCCN(CC#Cc2ccccc2)C1. The lowest BCUT2D eigenvalue weighted by Gasteiger charge is -2.30. The molecule has 1 atom stereocenters. The average molecular weight is 257 g/mol. The van der Waals surface area contributed by atoms with Crippen LogP contribution in [0.15, 0.2) is 30.3 Å². The summed E-state index contributed by atoms with van der Waals surface area (Å²) < 4.78 is 0. The third-order valence-corrected chi connectivity index (χ3v) is 3.38. The predicted octanol–water partition coefficient (Wildman–Crippen LogP) is 2.22. The molecule has 0 amide bonds. The zero-order valence-electron chi connectivity index (χ0n) is 11.0. The van der Waals surface area contributed by atoms with Gasteiger partial charge in [0.15, 0.2) is 0 Å². The third kappa shape index (κ3) is 4.76. The summed E-state index contributed by atoms with van der Waals surface area (Å²) in [7, 11) is 0. The first-order chi connectivity index (χ1) is 9.24. The molecule has 100 valence electrons. The Kier molecular flexibility index (Phi) is 5.00. The fourth-order valence-corrected chi connectivity index (χ4v) is 2.48. The highest BCUT2D eigenvalue weighted by Crippen LogP contribution is 2.19. The van der Waals surface area contributed by atoms with E-state index in [2.05, 4.69) is 16.7 Å². The molecule has 1 saturated heterocycles. The van der Waals surface area contributed by atoms with Crippen LogP contribution in [0.5, 0.6) is 0 Å². The summed E-state index contributed by atoms with van der Waals surface area (Å²) in [6, 6.07) is 9.93. The molecule has 1 heterocycles. The monoisotopic (exact) mass is 257 g/mol. The second kappa shape index (κ2) is 6.96. The Hall–Kier alpha value is -1.79. The Bertz CT molecular complexity index is 473. The van der Waals surface area contributed by atoms with E-state index in [1.165, 1.54) is 0 Å². The minimum atomic E-state index is -0.692. The Morgan fingerprint density at radius 3 is 2.89 bits per heavy atom. The first-order valence-electron chi connectivity index (χ1n) is 6.72. The van der Waals surface area contributed by atoms with Gasteiger partial charge in [0.1, 0.15) is 0 Å². The van der Waals surface area contributed by atoms with Gasteiger partial charge in [0.05, 0.1) is 6.54 Å². The van der Waals surface area contributed by atoms with Crippen molar-refractivity contribution < 1.29 is 9.90 Å². The van der Waals surface area contributed by atoms with Crippen LogP contribution in [0, 0.1) is 17.8 Å². The number of rotatable bonds is 3. The molecule has 1 N–H and O–H groups in total. The molecule has 0 spiro atoms. The van der Waals surface area contributed by atoms with Gasteiger partial charge in [0.25, 0.3) is 0 Å². The number of aliphatic carboxylic acids is 1. The number of carboxylic acid groups (broad SMARTS) is 1. The topological polar surface area (TPSA) is 40.5 Å². The summed E-state index contributed by atoms with van der Waals surface area (Å²) in [4.78, 5) is 13.0. The molecular weight excluding hydrogens is 238 g/mol. The fourth-order valence-electron chi connectivity index (χ4n) is 2.48. The molecule has 19 heavy (non-hydrogen) atoms.